The topological polar surface area (TPSA) is 245 Å². The van der Waals surface area contributed by atoms with Gasteiger partial charge in [-0.3, -0.25) is 19.5 Å². The SMILES string of the molecule is Cc1cc(=O)c2cc3c(c([NH+]4C=C5C=CN=C5C4)c2o1)OC(C)(CCC1CNC(=O)C1)C(OOCC(O)(Cc1ccc(O)c2ccc(O)cc12)C(O)C(O)C(O)CO)C3. The number of fused-ring (bicyclic) bond motifs is 4. The molecule has 16 nitrogen and oxygen atoms in total. The maximum atomic E-state index is 13.5. The van der Waals surface area contributed by atoms with Crippen molar-refractivity contribution < 1.29 is 64.4 Å². The number of hydrogen-bond acceptors (Lipinski definition) is 14. The van der Waals surface area contributed by atoms with Gasteiger partial charge in [0.1, 0.15) is 77.9 Å². The molecule has 0 spiro atoms. The number of aliphatic imine (C=N–C) groups is 1. The Labute approximate surface area is 337 Å². The highest BCUT2D eigenvalue weighted by atomic mass is 17.2. The number of rotatable bonds is 14. The summed E-state index contributed by atoms with van der Waals surface area (Å²) in [6, 6.07) is 10.2. The fourth-order valence-electron chi connectivity index (χ4n) is 8.62. The van der Waals surface area contributed by atoms with Gasteiger partial charge in [0.15, 0.2) is 11.2 Å². The van der Waals surface area contributed by atoms with E-state index in [1.807, 2.05) is 19.2 Å². The fraction of sp³-hybridized carbons (Fsp3) is 0.419. The lowest BCUT2D eigenvalue weighted by molar-refractivity contribution is -0.759. The maximum absolute atomic E-state index is 13.5. The fourth-order valence-corrected chi connectivity index (χ4v) is 8.62. The van der Waals surface area contributed by atoms with Crippen molar-refractivity contribution in [2.75, 3.05) is 26.3 Å². The van der Waals surface area contributed by atoms with E-state index in [1.54, 1.807) is 19.2 Å². The van der Waals surface area contributed by atoms with E-state index in [2.05, 4.69) is 10.3 Å². The molecule has 0 aliphatic carbocycles. The van der Waals surface area contributed by atoms with Crippen LogP contribution >= 0.6 is 0 Å². The van der Waals surface area contributed by atoms with E-state index >= 15 is 0 Å². The summed E-state index contributed by atoms with van der Waals surface area (Å²) in [4.78, 5) is 43.0. The molecule has 8 atom stereocenters. The molecule has 1 aromatic heterocycles. The molecule has 4 aromatic rings. The van der Waals surface area contributed by atoms with E-state index in [0.717, 1.165) is 16.2 Å². The van der Waals surface area contributed by atoms with Gasteiger partial charge in [-0.15, -0.1) is 0 Å². The van der Waals surface area contributed by atoms with Gasteiger partial charge in [-0.2, -0.15) is 0 Å². The van der Waals surface area contributed by atoms with Crippen LogP contribution in [-0.4, -0.2) is 109 Å². The molecule has 1 fully saturated rings. The van der Waals surface area contributed by atoms with Crippen LogP contribution in [0.4, 0.5) is 5.69 Å². The van der Waals surface area contributed by atoms with Crippen LogP contribution in [0.1, 0.15) is 43.1 Å². The lowest BCUT2D eigenvalue weighted by Gasteiger charge is -2.43. The summed E-state index contributed by atoms with van der Waals surface area (Å²) in [7, 11) is 0. The average Bonchev–Trinajstić information content (AvgIpc) is 3.94. The Kier molecular flexibility index (Phi) is 10.9. The largest absolute Gasteiger partial charge is 0.508 e. The first-order chi connectivity index (χ1) is 28.2. The Morgan fingerprint density at radius 1 is 1.07 bits per heavy atom. The number of benzene rings is 3. The number of aliphatic hydroxyl groups excluding tert-OH is 4. The molecule has 0 saturated carbocycles. The number of quaternary nitrogens is 1. The molecule has 3 aromatic carbocycles. The number of allylic oxidation sites excluding steroid dienone is 1. The predicted octanol–water partition coefficient (Wildman–Crippen LogP) is 1.02. The molecule has 0 radical (unpaired) electrons. The van der Waals surface area contributed by atoms with Gasteiger partial charge in [0, 0.05) is 49.0 Å². The third-order valence-corrected chi connectivity index (χ3v) is 12.0. The van der Waals surface area contributed by atoms with Gasteiger partial charge in [0.25, 0.3) is 0 Å². The van der Waals surface area contributed by atoms with Gasteiger partial charge in [-0.25, -0.2) is 9.78 Å². The number of carbonyl (C=O) groups excluding carboxylic acids is 1. The second-order valence-corrected chi connectivity index (χ2v) is 16.3. The summed E-state index contributed by atoms with van der Waals surface area (Å²) in [5.74, 6) is 0.696. The summed E-state index contributed by atoms with van der Waals surface area (Å²) in [5, 5.41) is 78.9. The first-order valence-corrected chi connectivity index (χ1v) is 19.6. The predicted molar refractivity (Wildman–Crippen MR) is 212 cm³/mol. The van der Waals surface area contributed by atoms with Crippen molar-refractivity contribution in [3.05, 3.63) is 93.6 Å². The van der Waals surface area contributed by atoms with E-state index in [4.69, 9.17) is 18.9 Å². The van der Waals surface area contributed by atoms with E-state index in [0.29, 0.717) is 82.4 Å². The maximum Gasteiger partial charge on any atom is 0.222 e. The van der Waals surface area contributed by atoms with Crippen LogP contribution in [-0.2, 0) is 27.4 Å². The van der Waals surface area contributed by atoms with Crippen molar-refractivity contribution in [1.82, 2.24) is 5.32 Å². The number of carbonyl (C=O) groups is 1. The molecule has 4 aliphatic rings. The summed E-state index contributed by atoms with van der Waals surface area (Å²) in [6.45, 7) is 2.85. The van der Waals surface area contributed by atoms with Crippen LogP contribution in [0.25, 0.3) is 21.7 Å². The minimum absolute atomic E-state index is 0.0278. The number of aromatic hydroxyl groups is 2. The number of nitrogens with zero attached hydrogens (tertiary/aromatic N) is 1. The Hall–Kier alpha value is -5.17. The molecule has 312 valence electrons. The molecule has 5 heterocycles. The summed E-state index contributed by atoms with van der Waals surface area (Å²) in [5.41, 5.74) is 0.0293. The standard InChI is InChI=1S/C43H47N3O13/c1-22-11-33(50)30-13-26-14-35(59-56-21-43(55,41(54)38(53)34(51)20-47)16-24-3-6-32(49)28-5-4-27(48)15-29(24)28)42(2,9-7-23-12-36(52)45-17-23)58-39(26)37(40(30)57-22)46-18-25-8-10-44-31(25)19-46/h3-6,8,10-11,13,15,18,23,34-35,38,41,47-49,51,53-55H,7,9,12,14,16-17,19-21H2,1-2H3,(H,45,52)/p+1. The molecule has 1 amide bonds. The molecule has 9 N–H and O–H groups in total. The number of aryl methyl sites for hydroxylation is 1. The van der Waals surface area contributed by atoms with Crippen molar-refractivity contribution >= 4 is 39.0 Å². The van der Waals surface area contributed by atoms with Gasteiger partial charge in [-0.1, -0.05) is 6.07 Å². The smallest absolute Gasteiger partial charge is 0.222 e. The first-order valence-electron chi connectivity index (χ1n) is 19.6. The van der Waals surface area contributed by atoms with Crippen molar-refractivity contribution in [2.45, 2.75) is 81.6 Å². The lowest BCUT2D eigenvalue weighted by atomic mass is 9.83. The Bertz CT molecular complexity index is 2460. The van der Waals surface area contributed by atoms with Crippen LogP contribution in [0.3, 0.4) is 0 Å². The van der Waals surface area contributed by atoms with Crippen molar-refractivity contribution in [3.63, 3.8) is 0 Å². The zero-order valence-electron chi connectivity index (χ0n) is 32.6. The monoisotopic (exact) mass is 814 g/mol. The van der Waals surface area contributed by atoms with Crippen LogP contribution in [0.2, 0.25) is 0 Å². The Morgan fingerprint density at radius 3 is 2.63 bits per heavy atom. The highest BCUT2D eigenvalue weighted by molar-refractivity contribution is 6.07. The second kappa shape index (κ2) is 15.8. The van der Waals surface area contributed by atoms with Crippen molar-refractivity contribution in [1.29, 1.82) is 0 Å². The highest BCUT2D eigenvalue weighted by Gasteiger charge is 2.49. The van der Waals surface area contributed by atoms with Crippen LogP contribution in [0.5, 0.6) is 17.2 Å². The number of nitrogens with one attached hydrogen (secondary N) is 2. The highest BCUT2D eigenvalue weighted by Crippen LogP contribution is 2.45. The zero-order chi connectivity index (χ0) is 41.8. The molecule has 16 heteroatoms. The first kappa shape index (κ1) is 40.6. The van der Waals surface area contributed by atoms with Crippen molar-refractivity contribution in [2.24, 2.45) is 10.9 Å². The summed E-state index contributed by atoms with van der Waals surface area (Å²) in [6.07, 6.45) is -0.172. The van der Waals surface area contributed by atoms with Crippen molar-refractivity contribution in [3.8, 4) is 17.2 Å². The zero-order valence-corrected chi connectivity index (χ0v) is 32.6. The van der Waals surface area contributed by atoms with E-state index < -0.39 is 55.3 Å². The summed E-state index contributed by atoms with van der Waals surface area (Å²) >= 11 is 0. The van der Waals surface area contributed by atoms with Gasteiger partial charge in [-0.05, 0) is 80.0 Å². The number of phenolic OH excluding ortho intramolecular Hbond substituents is 2. The molecule has 0 bridgehead atoms. The second-order valence-electron chi connectivity index (χ2n) is 16.3. The van der Waals surface area contributed by atoms with Crippen LogP contribution in [0, 0.1) is 12.8 Å². The minimum atomic E-state index is -2.40. The number of ether oxygens (including phenoxy) is 1. The number of aliphatic hydroxyl groups is 5. The molecule has 8 unspecified atom stereocenters. The number of amides is 1. The molecule has 8 rings (SSSR count). The van der Waals surface area contributed by atoms with E-state index in [1.165, 1.54) is 36.4 Å². The van der Waals surface area contributed by atoms with E-state index in [-0.39, 0.29) is 35.2 Å². The summed E-state index contributed by atoms with van der Waals surface area (Å²) < 4.78 is 13.3. The molecular weight excluding hydrogens is 766 g/mol. The Morgan fingerprint density at radius 2 is 1.88 bits per heavy atom. The van der Waals surface area contributed by atoms with Gasteiger partial charge in [0.2, 0.25) is 17.2 Å². The van der Waals surface area contributed by atoms with Crippen LogP contribution in [0.15, 0.2) is 80.7 Å². The Balaban J connectivity index is 1.15. The number of hydrogen-bond donors (Lipinski definition) is 9. The average molecular weight is 815 g/mol. The quantitative estimate of drug-likeness (QED) is 0.0639. The molecular formula is C43H48N3O13+. The molecule has 1 saturated heterocycles. The minimum Gasteiger partial charge on any atom is -0.508 e. The van der Waals surface area contributed by atoms with Gasteiger partial charge >= 0.3 is 0 Å². The van der Waals surface area contributed by atoms with Crippen LogP contribution < -0.4 is 20.4 Å². The number of phenols is 2. The third kappa shape index (κ3) is 7.74. The van der Waals surface area contributed by atoms with E-state index in [9.17, 15) is 45.3 Å². The normalized spacial score (nSPS) is 24.9. The van der Waals surface area contributed by atoms with Gasteiger partial charge in [0.05, 0.1) is 17.6 Å². The lowest BCUT2D eigenvalue weighted by Crippen LogP contribution is -3.01. The molecule has 59 heavy (non-hydrogen) atoms. The third-order valence-electron chi connectivity index (χ3n) is 12.0. The molecule has 4 aliphatic heterocycles. The van der Waals surface area contributed by atoms with Gasteiger partial charge < -0.3 is 50.2 Å².